The Kier molecular flexibility index (Phi) is 4.78. The highest BCUT2D eigenvalue weighted by atomic mass is 35.5. The summed E-state index contributed by atoms with van der Waals surface area (Å²) in [6, 6.07) is 9.60. The summed E-state index contributed by atoms with van der Waals surface area (Å²) in [7, 11) is 0. The van der Waals surface area contributed by atoms with Gasteiger partial charge < -0.3 is 15.4 Å². The van der Waals surface area contributed by atoms with Crippen molar-refractivity contribution in [2.24, 2.45) is 10.2 Å². The van der Waals surface area contributed by atoms with Crippen LogP contribution in [0.4, 0.5) is 0 Å². The first kappa shape index (κ1) is 20.6. The van der Waals surface area contributed by atoms with E-state index in [1.54, 1.807) is 18.5 Å². The Labute approximate surface area is 190 Å². The zero-order valence-corrected chi connectivity index (χ0v) is 18.8. The second-order valence-electron chi connectivity index (χ2n) is 8.76. The quantitative estimate of drug-likeness (QED) is 0.676. The van der Waals surface area contributed by atoms with E-state index in [1.165, 1.54) is 0 Å². The Bertz CT molecular complexity index is 1190. The molecule has 2 N–H and O–H groups in total. The number of nitrogens with one attached hydrogen (secondary N) is 2. The monoisotopic (exact) mass is 450 g/mol. The van der Waals surface area contributed by atoms with Gasteiger partial charge in [0, 0.05) is 35.6 Å². The minimum absolute atomic E-state index is 0.120. The molecule has 2 atom stereocenters. The van der Waals surface area contributed by atoms with E-state index in [0.717, 1.165) is 16.8 Å². The van der Waals surface area contributed by atoms with E-state index in [-0.39, 0.29) is 17.5 Å². The molecule has 164 valence electrons. The number of benzene rings is 1. The molecule has 0 radical (unpaired) electrons. The molecule has 0 saturated carbocycles. The molecule has 1 aromatic carbocycles. The molecule has 1 amide bonds. The molecular formula is C23H23ClN6O2. The fourth-order valence-corrected chi connectivity index (χ4v) is 5.25. The largest absolute Gasteiger partial charge is 0.424 e. The maximum Gasteiger partial charge on any atom is 0.321 e. The first-order valence-corrected chi connectivity index (χ1v) is 10.9. The maximum absolute atomic E-state index is 13.5. The highest BCUT2D eigenvalue weighted by Crippen LogP contribution is 2.53. The summed E-state index contributed by atoms with van der Waals surface area (Å²) in [6.45, 7) is 6.06. The van der Waals surface area contributed by atoms with Crippen LogP contribution in [0.2, 0.25) is 0 Å². The summed E-state index contributed by atoms with van der Waals surface area (Å²) in [5.41, 5.74) is 2.01. The molecule has 4 heterocycles. The smallest absolute Gasteiger partial charge is 0.321 e. The zero-order chi connectivity index (χ0) is 22.5. The van der Waals surface area contributed by atoms with Gasteiger partial charge >= 0.3 is 6.01 Å². The normalized spacial score (nSPS) is 25.8. The van der Waals surface area contributed by atoms with Crippen molar-refractivity contribution in [3.63, 3.8) is 0 Å². The van der Waals surface area contributed by atoms with Crippen LogP contribution in [0.25, 0.3) is 0 Å². The third-order valence-electron chi connectivity index (χ3n) is 6.16. The maximum atomic E-state index is 13.5. The number of rotatable bonds is 4. The summed E-state index contributed by atoms with van der Waals surface area (Å²) < 4.78 is 5.88. The van der Waals surface area contributed by atoms with Gasteiger partial charge in [-0.25, -0.2) is 9.97 Å². The standard InChI is InChI=1S/C23H23ClN6O2/c1-4-23(13-7-5-8-14(11-13)32-21-25-9-6-10-26-21)16-15(12-22(2,3)28-20(16)31)27-19-17(23)18(24)29-30-19/h5-11,19,27H,4,12H2,1-3H3,(H,28,31)/t19?,23-/m1/s1. The predicted octanol–water partition coefficient (Wildman–Crippen LogP) is 4.31. The molecule has 5 rings (SSSR count). The van der Waals surface area contributed by atoms with Crippen LogP contribution in [0, 0.1) is 0 Å². The van der Waals surface area contributed by atoms with Gasteiger partial charge in [0.2, 0.25) is 0 Å². The second-order valence-corrected chi connectivity index (χ2v) is 9.11. The van der Waals surface area contributed by atoms with Crippen molar-refractivity contribution in [2.75, 3.05) is 0 Å². The Morgan fingerprint density at radius 2 is 2.00 bits per heavy atom. The van der Waals surface area contributed by atoms with Gasteiger partial charge in [0.1, 0.15) is 5.75 Å². The Morgan fingerprint density at radius 1 is 1.22 bits per heavy atom. The number of nitrogens with zero attached hydrogens (tertiary/aromatic N) is 4. The molecule has 0 fully saturated rings. The van der Waals surface area contributed by atoms with Gasteiger partial charge in [-0.3, -0.25) is 4.79 Å². The topological polar surface area (TPSA) is 101 Å². The fraction of sp³-hybridized carbons (Fsp3) is 0.348. The fourth-order valence-electron chi connectivity index (χ4n) is 4.94. The Morgan fingerprint density at radius 3 is 2.75 bits per heavy atom. The lowest BCUT2D eigenvalue weighted by atomic mass is 9.62. The minimum atomic E-state index is -0.802. The summed E-state index contributed by atoms with van der Waals surface area (Å²) in [4.78, 5) is 21.7. The minimum Gasteiger partial charge on any atom is -0.424 e. The van der Waals surface area contributed by atoms with Gasteiger partial charge in [-0.15, -0.1) is 5.11 Å². The molecule has 3 aliphatic heterocycles. The number of hydrogen-bond donors (Lipinski definition) is 2. The summed E-state index contributed by atoms with van der Waals surface area (Å²) >= 11 is 6.58. The van der Waals surface area contributed by atoms with Crippen LogP contribution in [0.5, 0.6) is 11.8 Å². The summed E-state index contributed by atoms with van der Waals surface area (Å²) in [6.07, 6.45) is 4.08. The van der Waals surface area contributed by atoms with Gasteiger partial charge in [-0.2, -0.15) is 5.11 Å². The van der Waals surface area contributed by atoms with Crippen molar-refractivity contribution >= 4 is 17.5 Å². The molecule has 0 saturated heterocycles. The van der Waals surface area contributed by atoms with Gasteiger partial charge in [-0.1, -0.05) is 30.7 Å². The lowest BCUT2D eigenvalue weighted by Gasteiger charge is -2.48. The van der Waals surface area contributed by atoms with E-state index in [0.29, 0.717) is 29.3 Å². The van der Waals surface area contributed by atoms with Gasteiger partial charge in [0.15, 0.2) is 11.3 Å². The number of halogens is 1. The van der Waals surface area contributed by atoms with E-state index in [2.05, 4.69) is 30.8 Å². The molecule has 9 heteroatoms. The van der Waals surface area contributed by atoms with Gasteiger partial charge in [-0.05, 0) is 44.0 Å². The number of amides is 1. The molecule has 8 nitrogen and oxygen atoms in total. The first-order valence-electron chi connectivity index (χ1n) is 10.5. The lowest BCUT2D eigenvalue weighted by Crippen LogP contribution is -2.58. The third-order valence-corrected chi connectivity index (χ3v) is 6.44. The van der Waals surface area contributed by atoms with Crippen LogP contribution in [-0.2, 0) is 10.2 Å². The molecule has 2 aromatic rings. The number of carbonyl (C=O) groups excluding carboxylic acids is 1. The molecule has 0 spiro atoms. The van der Waals surface area contributed by atoms with Gasteiger partial charge in [0.25, 0.3) is 5.91 Å². The van der Waals surface area contributed by atoms with Crippen LogP contribution in [-0.4, -0.2) is 27.6 Å². The number of fused-ring (bicyclic) bond motifs is 1. The van der Waals surface area contributed by atoms with E-state index >= 15 is 0 Å². The second kappa shape index (κ2) is 7.41. The van der Waals surface area contributed by atoms with Crippen LogP contribution in [0.15, 0.2) is 75.0 Å². The Hall–Kier alpha value is -3.26. The van der Waals surface area contributed by atoms with Crippen molar-refractivity contribution in [1.82, 2.24) is 20.6 Å². The van der Waals surface area contributed by atoms with Crippen LogP contribution in [0.1, 0.15) is 39.2 Å². The highest BCUT2D eigenvalue weighted by molar-refractivity contribution is 6.30. The van der Waals surface area contributed by atoms with Crippen molar-refractivity contribution in [3.05, 3.63) is 70.3 Å². The molecule has 1 aromatic heterocycles. The van der Waals surface area contributed by atoms with Crippen LogP contribution >= 0.6 is 11.6 Å². The van der Waals surface area contributed by atoms with E-state index in [1.807, 2.05) is 45.0 Å². The molecule has 0 bridgehead atoms. The number of aromatic nitrogens is 2. The lowest BCUT2D eigenvalue weighted by molar-refractivity contribution is -0.120. The summed E-state index contributed by atoms with van der Waals surface area (Å²) in [5, 5.41) is 15.4. The van der Waals surface area contributed by atoms with Gasteiger partial charge in [0.05, 0.1) is 11.0 Å². The first-order chi connectivity index (χ1) is 15.3. The summed E-state index contributed by atoms with van der Waals surface area (Å²) in [5.74, 6) is 0.449. The van der Waals surface area contributed by atoms with Crippen molar-refractivity contribution in [1.29, 1.82) is 0 Å². The molecule has 0 aliphatic carbocycles. The average Bonchev–Trinajstić information content (AvgIpc) is 3.13. The van der Waals surface area contributed by atoms with E-state index < -0.39 is 11.6 Å². The molecular weight excluding hydrogens is 428 g/mol. The van der Waals surface area contributed by atoms with Crippen molar-refractivity contribution in [2.45, 2.75) is 50.7 Å². The van der Waals surface area contributed by atoms with Crippen LogP contribution < -0.4 is 15.4 Å². The highest BCUT2D eigenvalue weighted by Gasteiger charge is 2.54. The van der Waals surface area contributed by atoms with E-state index in [4.69, 9.17) is 16.3 Å². The SMILES string of the molecule is CC[C@@]1(c2cccc(Oc3ncccn3)c2)C2=C(CC(C)(C)NC2=O)NC2N=NC(Cl)=C21. The number of ether oxygens (including phenoxy) is 1. The number of hydrogen-bond acceptors (Lipinski definition) is 7. The number of carbonyl (C=O) groups is 1. The molecule has 32 heavy (non-hydrogen) atoms. The molecule has 3 aliphatic rings. The number of azo groups is 1. The van der Waals surface area contributed by atoms with Crippen molar-refractivity contribution < 1.29 is 9.53 Å². The van der Waals surface area contributed by atoms with E-state index in [9.17, 15) is 4.79 Å². The van der Waals surface area contributed by atoms with Crippen LogP contribution in [0.3, 0.4) is 0 Å². The third kappa shape index (κ3) is 3.17. The predicted molar refractivity (Wildman–Crippen MR) is 119 cm³/mol. The molecule has 1 unspecified atom stereocenters. The zero-order valence-electron chi connectivity index (χ0n) is 18.0. The van der Waals surface area contributed by atoms with Crippen molar-refractivity contribution in [3.8, 4) is 11.8 Å². The Balaban J connectivity index is 1.69. The average molecular weight is 451 g/mol.